The summed E-state index contributed by atoms with van der Waals surface area (Å²) in [6, 6.07) is 3.58. The van der Waals surface area contributed by atoms with Gasteiger partial charge in [-0.1, -0.05) is 19.3 Å². The summed E-state index contributed by atoms with van der Waals surface area (Å²) < 4.78 is 16.1. The van der Waals surface area contributed by atoms with Crippen LogP contribution in [-0.2, 0) is 4.79 Å². The number of piperidine rings is 1. The number of pyridine rings is 3. The first kappa shape index (κ1) is 24.6. The van der Waals surface area contributed by atoms with Gasteiger partial charge in [0.15, 0.2) is 17.5 Å². The van der Waals surface area contributed by atoms with Crippen molar-refractivity contribution in [2.75, 3.05) is 23.3 Å². The number of carbonyl (C=O) groups is 1. The molecule has 5 aromatic rings. The summed E-state index contributed by atoms with van der Waals surface area (Å²) in [6.45, 7) is 1.88. The van der Waals surface area contributed by atoms with E-state index < -0.39 is 5.82 Å². The highest BCUT2D eigenvalue weighted by molar-refractivity contribution is 5.97. The predicted molar refractivity (Wildman–Crippen MR) is 151 cm³/mol. The molecule has 11 heteroatoms. The van der Waals surface area contributed by atoms with E-state index in [-0.39, 0.29) is 22.9 Å². The van der Waals surface area contributed by atoms with Gasteiger partial charge in [0.2, 0.25) is 5.91 Å². The van der Waals surface area contributed by atoms with E-state index >= 15 is 4.39 Å². The van der Waals surface area contributed by atoms with Crippen LogP contribution in [0.4, 0.5) is 15.9 Å². The smallest absolute Gasteiger partial charge is 0.227 e. The van der Waals surface area contributed by atoms with Crippen LogP contribution in [-0.4, -0.2) is 54.1 Å². The second-order valence-corrected chi connectivity index (χ2v) is 10.7. The Hall–Kier alpha value is -4.41. The quantitative estimate of drug-likeness (QED) is 0.265. The van der Waals surface area contributed by atoms with Crippen molar-refractivity contribution >= 4 is 39.3 Å². The molecule has 0 radical (unpaired) electrons. The van der Waals surface area contributed by atoms with Crippen LogP contribution in [0.1, 0.15) is 51.4 Å². The SMILES string of the molecule is O=C(Nc1cncc(-c2ncc3[nH]nc(-c4nc5c(N6CCCCC6)nccc5[nH]4)c3c2F)c1)C1CCCCC1. The summed E-state index contributed by atoms with van der Waals surface area (Å²) in [5.41, 5.74) is 3.51. The number of hydrogen-bond acceptors (Lipinski definition) is 7. The number of aromatic nitrogens is 7. The molecule has 1 amide bonds. The molecule has 3 N–H and O–H groups in total. The molecule has 2 aliphatic rings. The molecule has 7 rings (SSSR count). The zero-order chi connectivity index (χ0) is 27.1. The molecule has 0 aromatic carbocycles. The number of fused-ring (bicyclic) bond motifs is 2. The highest BCUT2D eigenvalue weighted by Gasteiger charge is 2.24. The molecule has 40 heavy (non-hydrogen) atoms. The molecular formula is C29H30FN9O. The van der Waals surface area contributed by atoms with Crippen LogP contribution in [0.5, 0.6) is 0 Å². The van der Waals surface area contributed by atoms with Crippen LogP contribution in [0.3, 0.4) is 0 Å². The van der Waals surface area contributed by atoms with Crippen molar-refractivity contribution in [3.05, 3.63) is 42.7 Å². The lowest BCUT2D eigenvalue weighted by Crippen LogP contribution is -2.30. The number of carbonyl (C=O) groups excluding carboxylic acids is 1. The van der Waals surface area contributed by atoms with Gasteiger partial charge in [-0.05, 0) is 44.2 Å². The summed E-state index contributed by atoms with van der Waals surface area (Å²) in [5, 5.41) is 10.5. The molecule has 0 unspecified atom stereocenters. The Morgan fingerprint density at radius 1 is 0.975 bits per heavy atom. The minimum Gasteiger partial charge on any atom is -0.355 e. The first-order valence-corrected chi connectivity index (χ1v) is 14.0. The highest BCUT2D eigenvalue weighted by Crippen LogP contribution is 2.34. The average molecular weight is 540 g/mol. The van der Waals surface area contributed by atoms with E-state index in [0.717, 1.165) is 68.5 Å². The zero-order valence-electron chi connectivity index (χ0n) is 22.1. The van der Waals surface area contributed by atoms with Crippen molar-refractivity contribution in [3.8, 4) is 22.8 Å². The minimum atomic E-state index is -0.534. The fourth-order valence-electron chi connectivity index (χ4n) is 5.97. The maximum atomic E-state index is 16.1. The van der Waals surface area contributed by atoms with Crippen molar-refractivity contribution in [2.24, 2.45) is 5.92 Å². The van der Waals surface area contributed by atoms with Crippen LogP contribution in [0.2, 0.25) is 0 Å². The molecular weight excluding hydrogens is 509 g/mol. The third-order valence-electron chi connectivity index (χ3n) is 8.06. The van der Waals surface area contributed by atoms with Crippen molar-refractivity contribution in [2.45, 2.75) is 51.4 Å². The number of nitrogens with one attached hydrogen (secondary N) is 3. The number of anilines is 2. The number of aromatic amines is 2. The summed E-state index contributed by atoms with van der Waals surface area (Å²) in [7, 11) is 0. The van der Waals surface area contributed by atoms with Gasteiger partial charge in [-0.2, -0.15) is 5.10 Å². The Morgan fingerprint density at radius 2 is 1.80 bits per heavy atom. The summed E-state index contributed by atoms with van der Waals surface area (Å²) >= 11 is 0. The Morgan fingerprint density at radius 3 is 2.65 bits per heavy atom. The zero-order valence-corrected chi connectivity index (χ0v) is 22.1. The van der Waals surface area contributed by atoms with Crippen LogP contribution in [0.25, 0.3) is 44.7 Å². The molecule has 0 bridgehead atoms. The van der Waals surface area contributed by atoms with Crippen molar-refractivity contribution in [3.63, 3.8) is 0 Å². The fourth-order valence-corrected chi connectivity index (χ4v) is 5.97. The van der Waals surface area contributed by atoms with E-state index in [4.69, 9.17) is 4.98 Å². The van der Waals surface area contributed by atoms with Gasteiger partial charge < -0.3 is 15.2 Å². The molecule has 1 aliphatic heterocycles. The lowest BCUT2D eigenvalue weighted by atomic mass is 9.88. The number of rotatable bonds is 5. The number of halogens is 1. The van der Waals surface area contributed by atoms with Gasteiger partial charge >= 0.3 is 0 Å². The van der Waals surface area contributed by atoms with Crippen LogP contribution >= 0.6 is 0 Å². The van der Waals surface area contributed by atoms with E-state index in [1.807, 2.05) is 6.07 Å². The Kier molecular flexibility index (Phi) is 6.33. The van der Waals surface area contributed by atoms with Crippen molar-refractivity contribution in [1.82, 2.24) is 35.1 Å². The molecule has 6 heterocycles. The molecule has 1 aliphatic carbocycles. The first-order chi connectivity index (χ1) is 19.7. The van der Waals surface area contributed by atoms with Gasteiger partial charge in [-0.3, -0.25) is 19.9 Å². The Bertz CT molecular complexity index is 1700. The van der Waals surface area contributed by atoms with Gasteiger partial charge in [0.1, 0.15) is 16.9 Å². The van der Waals surface area contributed by atoms with Gasteiger partial charge in [0, 0.05) is 37.0 Å². The molecule has 5 aromatic heterocycles. The average Bonchev–Trinajstić information content (AvgIpc) is 3.63. The van der Waals surface area contributed by atoms with Crippen LogP contribution in [0, 0.1) is 11.7 Å². The third kappa shape index (κ3) is 4.44. The second-order valence-electron chi connectivity index (χ2n) is 10.7. The highest BCUT2D eigenvalue weighted by atomic mass is 19.1. The van der Waals surface area contributed by atoms with Gasteiger partial charge in [0.05, 0.1) is 34.5 Å². The van der Waals surface area contributed by atoms with Crippen LogP contribution in [0.15, 0.2) is 36.9 Å². The van der Waals surface area contributed by atoms with Crippen molar-refractivity contribution < 1.29 is 9.18 Å². The predicted octanol–water partition coefficient (Wildman–Crippen LogP) is 5.61. The molecule has 10 nitrogen and oxygen atoms in total. The van der Waals surface area contributed by atoms with Gasteiger partial charge in [-0.15, -0.1) is 0 Å². The first-order valence-electron chi connectivity index (χ1n) is 14.0. The molecule has 2 fully saturated rings. The monoisotopic (exact) mass is 539 g/mol. The van der Waals surface area contributed by atoms with E-state index in [1.165, 1.54) is 12.8 Å². The topological polar surface area (TPSA) is 128 Å². The summed E-state index contributed by atoms with van der Waals surface area (Å²) in [4.78, 5) is 36.4. The summed E-state index contributed by atoms with van der Waals surface area (Å²) in [5.74, 6) is 0.749. The standard InChI is InChI=1S/C29H30FN9O/c30-23-22-21(16-33-24(23)18-13-19(15-31-14-18)34-29(40)17-7-3-1-4-8-17)37-38-26(22)27-35-20-9-10-32-28(25(20)36-27)39-11-5-2-6-12-39/h9-10,13-17H,1-8,11-12H2,(H,34,40)(H,35,36)(H,37,38). The second kappa shape index (κ2) is 10.3. The lowest BCUT2D eigenvalue weighted by molar-refractivity contribution is -0.120. The van der Waals surface area contributed by atoms with E-state index in [9.17, 15) is 4.79 Å². The molecule has 204 valence electrons. The maximum Gasteiger partial charge on any atom is 0.227 e. The van der Waals surface area contributed by atoms with Gasteiger partial charge in [-0.25, -0.2) is 14.4 Å². The van der Waals surface area contributed by atoms with Gasteiger partial charge in [0.25, 0.3) is 0 Å². The van der Waals surface area contributed by atoms with Crippen LogP contribution < -0.4 is 10.2 Å². The van der Waals surface area contributed by atoms with Crippen molar-refractivity contribution in [1.29, 1.82) is 0 Å². The number of hydrogen-bond donors (Lipinski definition) is 3. The third-order valence-corrected chi connectivity index (χ3v) is 8.06. The van der Waals surface area contributed by atoms with E-state index in [1.54, 1.807) is 30.9 Å². The number of nitrogens with zero attached hydrogens (tertiary/aromatic N) is 6. The number of imidazole rings is 1. The fraction of sp³-hybridized carbons (Fsp3) is 0.379. The number of H-pyrrole nitrogens is 2. The minimum absolute atomic E-state index is 0.00606. The molecule has 0 spiro atoms. The summed E-state index contributed by atoms with van der Waals surface area (Å²) in [6.07, 6.45) is 15.0. The Labute approximate surface area is 229 Å². The molecule has 1 saturated carbocycles. The molecule has 1 saturated heterocycles. The largest absolute Gasteiger partial charge is 0.355 e. The molecule has 0 atom stereocenters. The van der Waals surface area contributed by atoms with E-state index in [0.29, 0.717) is 28.3 Å². The normalized spacial score (nSPS) is 16.6. The Balaban J connectivity index is 1.24. The lowest BCUT2D eigenvalue weighted by Gasteiger charge is -2.27. The van der Waals surface area contributed by atoms with E-state index in [2.05, 4.69) is 40.3 Å². The number of amides is 1. The maximum absolute atomic E-state index is 16.1.